The number of nitrogens with zero attached hydrogens (tertiary/aromatic N) is 3. The maximum Gasteiger partial charge on any atom is 0.261 e. The van der Waals surface area contributed by atoms with Crippen LogP contribution in [-0.2, 0) is 16.1 Å². The second kappa shape index (κ2) is 8.54. The van der Waals surface area contributed by atoms with E-state index in [2.05, 4.69) is 4.98 Å². The summed E-state index contributed by atoms with van der Waals surface area (Å²) >= 11 is 0. The van der Waals surface area contributed by atoms with Gasteiger partial charge in [-0.05, 0) is 11.6 Å². The van der Waals surface area contributed by atoms with Gasteiger partial charge in [-0.1, -0.05) is 30.3 Å². The summed E-state index contributed by atoms with van der Waals surface area (Å²) in [5, 5.41) is 0.368. The molecule has 8 nitrogen and oxygen atoms in total. The first-order valence-electron chi connectivity index (χ1n) is 9.66. The number of carbonyl (C=O) groups is 1. The Balaban J connectivity index is 1.55. The fourth-order valence-electron chi connectivity index (χ4n) is 3.59. The molecule has 1 amide bonds. The van der Waals surface area contributed by atoms with Crippen LogP contribution in [0.1, 0.15) is 11.7 Å². The van der Waals surface area contributed by atoms with Crippen molar-refractivity contribution in [1.82, 2.24) is 14.5 Å². The summed E-state index contributed by atoms with van der Waals surface area (Å²) in [6.07, 6.45) is 1.22. The lowest BCUT2D eigenvalue weighted by Gasteiger charge is -2.33. The minimum absolute atomic E-state index is 0.0857. The van der Waals surface area contributed by atoms with Gasteiger partial charge < -0.3 is 19.1 Å². The van der Waals surface area contributed by atoms with Gasteiger partial charge >= 0.3 is 0 Å². The number of methoxy groups -OCH3 is 2. The van der Waals surface area contributed by atoms with Gasteiger partial charge in [-0.25, -0.2) is 4.98 Å². The van der Waals surface area contributed by atoms with Gasteiger partial charge in [0.2, 0.25) is 5.91 Å². The average Bonchev–Trinajstić information content (AvgIpc) is 2.80. The van der Waals surface area contributed by atoms with E-state index in [9.17, 15) is 9.59 Å². The molecule has 3 aromatic rings. The summed E-state index contributed by atoms with van der Waals surface area (Å²) in [5.74, 6) is 0.779. The Kier molecular flexibility index (Phi) is 5.67. The van der Waals surface area contributed by atoms with Crippen molar-refractivity contribution >= 4 is 16.8 Å². The van der Waals surface area contributed by atoms with Gasteiger partial charge in [0.25, 0.3) is 5.56 Å². The molecule has 4 rings (SSSR count). The van der Waals surface area contributed by atoms with Gasteiger partial charge in [-0.2, -0.15) is 0 Å². The summed E-state index contributed by atoms with van der Waals surface area (Å²) in [4.78, 5) is 31.9. The van der Waals surface area contributed by atoms with E-state index in [4.69, 9.17) is 14.2 Å². The molecule has 1 aliphatic rings. The molecule has 1 fully saturated rings. The molecule has 30 heavy (non-hydrogen) atoms. The van der Waals surface area contributed by atoms with E-state index in [0.717, 1.165) is 5.56 Å². The average molecular weight is 409 g/mol. The number of fused-ring (bicyclic) bond motifs is 1. The number of hydrogen-bond donors (Lipinski definition) is 0. The van der Waals surface area contributed by atoms with E-state index >= 15 is 0 Å². The highest BCUT2D eigenvalue weighted by atomic mass is 16.5. The summed E-state index contributed by atoms with van der Waals surface area (Å²) in [6.45, 7) is 1.30. The topological polar surface area (TPSA) is 82.9 Å². The first-order chi connectivity index (χ1) is 14.6. The van der Waals surface area contributed by atoms with Crippen molar-refractivity contribution in [2.24, 2.45) is 0 Å². The predicted molar refractivity (Wildman–Crippen MR) is 111 cm³/mol. The van der Waals surface area contributed by atoms with Crippen LogP contribution in [0.2, 0.25) is 0 Å². The number of amides is 1. The Morgan fingerprint density at radius 2 is 1.90 bits per heavy atom. The second-order valence-electron chi connectivity index (χ2n) is 7.01. The van der Waals surface area contributed by atoms with E-state index in [1.54, 1.807) is 17.0 Å². The highest BCUT2D eigenvalue weighted by Crippen LogP contribution is 2.29. The van der Waals surface area contributed by atoms with E-state index in [1.165, 1.54) is 25.1 Å². The molecule has 0 bridgehead atoms. The summed E-state index contributed by atoms with van der Waals surface area (Å²) in [5.41, 5.74) is 1.21. The third-order valence-corrected chi connectivity index (χ3v) is 5.23. The van der Waals surface area contributed by atoms with Gasteiger partial charge in [0.15, 0.2) is 11.5 Å². The molecular formula is C22H23N3O5. The second-order valence-corrected chi connectivity index (χ2v) is 7.01. The van der Waals surface area contributed by atoms with Crippen LogP contribution in [0, 0.1) is 0 Å². The third kappa shape index (κ3) is 3.86. The molecule has 0 aliphatic carbocycles. The number of ether oxygens (including phenoxy) is 3. The molecule has 0 saturated carbocycles. The van der Waals surface area contributed by atoms with Crippen molar-refractivity contribution in [2.75, 3.05) is 33.9 Å². The molecule has 1 aromatic heterocycles. The monoisotopic (exact) mass is 409 g/mol. The van der Waals surface area contributed by atoms with Crippen LogP contribution < -0.4 is 15.0 Å². The molecule has 156 valence electrons. The highest BCUT2D eigenvalue weighted by Gasteiger charge is 2.25. The molecule has 1 saturated heterocycles. The van der Waals surface area contributed by atoms with E-state index in [0.29, 0.717) is 42.1 Å². The van der Waals surface area contributed by atoms with Crippen LogP contribution >= 0.6 is 0 Å². The van der Waals surface area contributed by atoms with Crippen molar-refractivity contribution < 1.29 is 19.0 Å². The number of hydrogen-bond acceptors (Lipinski definition) is 6. The van der Waals surface area contributed by atoms with Crippen LogP contribution in [0.5, 0.6) is 11.5 Å². The normalized spacial score (nSPS) is 16.5. The van der Waals surface area contributed by atoms with E-state index in [1.807, 2.05) is 30.3 Å². The van der Waals surface area contributed by atoms with Crippen molar-refractivity contribution in [2.45, 2.75) is 12.6 Å². The lowest BCUT2D eigenvalue weighted by Crippen LogP contribution is -2.44. The predicted octanol–water partition coefficient (Wildman–Crippen LogP) is 2.01. The van der Waals surface area contributed by atoms with Gasteiger partial charge in [0.1, 0.15) is 12.6 Å². The maximum absolute atomic E-state index is 12.9. The molecule has 0 spiro atoms. The first-order valence-corrected chi connectivity index (χ1v) is 9.66. The third-order valence-electron chi connectivity index (χ3n) is 5.23. The summed E-state index contributed by atoms with van der Waals surface area (Å²) in [7, 11) is 3.03. The van der Waals surface area contributed by atoms with Crippen molar-refractivity contribution in [3.8, 4) is 11.5 Å². The molecule has 2 heterocycles. The number of carbonyl (C=O) groups excluding carboxylic acids is 1. The van der Waals surface area contributed by atoms with Gasteiger partial charge in [-0.15, -0.1) is 0 Å². The number of benzene rings is 2. The van der Waals surface area contributed by atoms with Crippen molar-refractivity contribution in [1.29, 1.82) is 0 Å². The van der Waals surface area contributed by atoms with E-state index < -0.39 is 0 Å². The fraction of sp³-hybridized carbons (Fsp3) is 0.318. The minimum atomic E-state index is -0.304. The minimum Gasteiger partial charge on any atom is -0.493 e. The Bertz CT molecular complexity index is 1110. The lowest BCUT2D eigenvalue weighted by atomic mass is 10.1. The molecule has 1 aliphatic heterocycles. The largest absolute Gasteiger partial charge is 0.493 e. The highest BCUT2D eigenvalue weighted by molar-refractivity contribution is 5.82. The zero-order valence-electron chi connectivity index (χ0n) is 16.9. The first kappa shape index (κ1) is 19.9. The fourth-order valence-corrected chi connectivity index (χ4v) is 3.59. The smallest absolute Gasteiger partial charge is 0.261 e. The van der Waals surface area contributed by atoms with Crippen LogP contribution in [0.3, 0.4) is 0 Å². The molecule has 0 N–H and O–H groups in total. The number of rotatable bonds is 5. The Hall–Kier alpha value is -3.39. The Labute approximate surface area is 173 Å². The van der Waals surface area contributed by atoms with Crippen LogP contribution in [0.15, 0.2) is 53.6 Å². The summed E-state index contributed by atoms with van der Waals surface area (Å²) < 4.78 is 17.7. The molecule has 8 heteroatoms. The number of morpholine rings is 1. The molecule has 1 unspecified atom stereocenters. The Morgan fingerprint density at radius 1 is 1.17 bits per heavy atom. The standard InChI is InChI=1S/C22H23N3O5/c1-28-18-10-16-17(11-19(18)29-2)23-14-25(22(16)27)13-21(26)24-8-9-30-20(12-24)15-6-4-3-5-7-15/h3-7,10-11,14,20H,8-9,12-13H2,1-2H3. The molecule has 0 radical (unpaired) electrons. The lowest BCUT2D eigenvalue weighted by molar-refractivity contribution is -0.139. The summed E-state index contributed by atoms with van der Waals surface area (Å²) in [6, 6.07) is 13.0. The van der Waals surface area contributed by atoms with Crippen LogP contribution in [-0.4, -0.2) is 54.3 Å². The van der Waals surface area contributed by atoms with Crippen LogP contribution in [0.25, 0.3) is 10.9 Å². The zero-order chi connectivity index (χ0) is 21.1. The molecule has 2 aromatic carbocycles. The Morgan fingerprint density at radius 3 is 2.63 bits per heavy atom. The van der Waals surface area contributed by atoms with Gasteiger partial charge in [0, 0.05) is 12.6 Å². The van der Waals surface area contributed by atoms with E-state index in [-0.39, 0.29) is 24.1 Å². The quantitative estimate of drug-likeness (QED) is 0.641. The van der Waals surface area contributed by atoms with Crippen molar-refractivity contribution in [3.63, 3.8) is 0 Å². The van der Waals surface area contributed by atoms with Gasteiger partial charge in [-0.3, -0.25) is 14.2 Å². The van der Waals surface area contributed by atoms with Crippen LogP contribution in [0.4, 0.5) is 0 Å². The SMILES string of the molecule is COc1cc2ncn(CC(=O)N3CCOC(c4ccccc4)C3)c(=O)c2cc1OC. The number of aromatic nitrogens is 2. The van der Waals surface area contributed by atoms with Crippen molar-refractivity contribution in [3.05, 3.63) is 64.7 Å². The maximum atomic E-state index is 12.9. The zero-order valence-corrected chi connectivity index (χ0v) is 16.9. The molecular weight excluding hydrogens is 386 g/mol. The molecule has 1 atom stereocenters. The van der Waals surface area contributed by atoms with Gasteiger partial charge in [0.05, 0.1) is 44.6 Å².